The topological polar surface area (TPSA) is 75.4 Å². The van der Waals surface area contributed by atoms with Crippen molar-refractivity contribution in [2.45, 2.75) is 26.2 Å². The third kappa shape index (κ3) is 3.69. The molecule has 6 nitrogen and oxygen atoms in total. The van der Waals surface area contributed by atoms with Crippen molar-refractivity contribution < 1.29 is 9.84 Å². The molecule has 0 fully saturated rings. The smallest absolute Gasteiger partial charge is 0.216 e. The molecule has 21 heavy (non-hydrogen) atoms. The van der Waals surface area contributed by atoms with E-state index in [4.69, 9.17) is 17.0 Å². The summed E-state index contributed by atoms with van der Waals surface area (Å²) in [5.74, 6) is 1.30. The molecular formula is C14H18N4O2S. The third-order valence-electron chi connectivity index (χ3n) is 3.00. The molecule has 0 aliphatic heterocycles. The fourth-order valence-electron chi connectivity index (χ4n) is 1.85. The summed E-state index contributed by atoms with van der Waals surface area (Å²) in [4.78, 5) is 0. The van der Waals surface area contributed by atoms with E-state index in [-0.39, 0.29) is 5.75 Å². The van der Waals surface area contributed by atoms with Gasteiger partial charge >= 0.3 is 0 Å². The summed E-state index contributed by atoms with van der Waals surface area (Å²) in [6.45, 7) is 2.12. The molecule has 1 aromatic carbocycles. The van der Waals surface area contributed by atoms with Crippen molar-refractivity contribution in [3.63, 3.8) is 0 Å². The zero-order valence-electron chi connectivity index (χ0n) is 12.0. The van der Waals surface area contributed by atoms with Crippen LogP contribution in [0, 0.1) is 4.77 Å². The van der Waals surface area contributed by atoms with Crippen molar-refractivity contribution in [1.82, 2.24) is 14.9 Å². The highest BCUT2D eigenvalue weighted by Gasteiger charge is 2.05. The van der Waals surface area contributed by atoms with E-state index in [1.54, 1.807) is 29.1 Å². The lowest BCUT2D eigenvalue weighted by Crippen LogP contribution is -1.99. The number of benzene rings is 1. The predicted octanol–water partition coefficient (Wildman–Crippen LogP) is 2.88. The Hall–Kier alpha value is -2.15. The summed E-state index contributed by atoms with van der Waals surface area (Å²) in [7, 11) is 1.51. The molecule has 7 heteroatoms. The van der Waals surface area contributed by atoms with Gasteiger partial charge in [0.25, 0.3) is 0 Å². The molecule has 2 N–H and O–H groups in total. The van der Waals surface area contributed by atoms with Gasteiger partial charge < -0.3 is 9.84 Å². The zero-order chi connectivity index (χ0) is 15.2. The number of phenolic OH excluding ortho intramolecular Hbond substituents is 1. The second-order valence-corrected chi connectivity index (χ2v) is 4.92. The van der Waals surface area contributed by atoms with E-state index >= 15 is 0 Å². The molecule has 0 unspecified atom stereocenters. The van der Waals surface area contributed by atoms with Crippen LogP contribution in [0.1, 0.15) is 31.2 Å². The van der Waals surface area contributed by atoms with Gasteiger partial charge in [0.1, 0.15) is 0 Å². The van der Waals surface area contributed by atoms with E-state index in [0.717, 1.165) is 30.7 Å². The number of aromatic amines is 1. The van der Waals surface area contributed by atoms with Crippen molar-refractivity contribution in [3.8, 4) is 11.5 Å². The van der Waals surface area contributed by atoms with Crippen LogP contribution in [0.2, 0.25) is 0 Å². The van der Waals surface area contributed by atoms with Gasteiger partial charge in [-0.2, -0.15) is 14.9 Å². The van der Waals surface area contributed by atoms with Crippen LogP contribution in [0.25, 0.3) is 0 Å². The molecule has 0 atom stereocenters. The number of aromatic nitrogens is 3. The Morgan fingerprint density at radius 2 is 2.33 bits per heavy atom. The lowest BCUT2D eigenvalue weighted by atomic mass is 10.2. The Labute approximate surface area is 128 Å². The van der Waals surface area contributed by atoms with Gasteiger partial charge in [-0.15, -0.1) is 0 Å². The maximum absolute atomic E-state index is 9.74. The van der Waals surface area contributed by atoms with E-state index in [9.17, 15) is 5.11 Å². The van der Waals surface area contributed by atoms with E-state index in [2.05, 4.69) is 22.2 Å². The molecule has 0 bridgehead atoms. The van der Waals surface area contributed by atoms with Crippen molar-refractivity contribution in [1.29, 1.82) is 0 Å². The van der Waals surface area contributed by atoms with Crippen LogP contribution in [0.4, 0.5) is 0 Å². The van der Waals surface area contributed by atoms with Gasteiger partial charge in [-0.25, -0.2) is 0 Å². The average molecular weight is 306 g/mol. The Bertz CT molecular complexity index is 691. The van der Waals surface area contributed by atoms with Crippen LogP contribution >= 0.6 is 12.2 Å². The third-order valence-corrected chi connectivity index (χ3v) is 3.26. The number of aryl methyl sites for hydroxylation is 1. The summed E-state index contributed by atoms with van der Waals surface area (Å²) >= 11 is 5.17. The fraction of sp³-hybridized carbons (Fsp3) is 0.357. The minimum atomic E-state index is 0.0726. The molecule has 112 valence electrons. The SMILES string of the molecule is CCCCc1n[nH]c(=S)n1/N=C\c1ccc(OC)c(O)c1. The predicted molar refractivity (Wildman–Crippen MR) is 83.7 cm³/mol. The number of nitrogens with zero attached hydrogens (tertiary/aromatic N) is 3. The van der Waals surface area contributed by atoms with Crippen molar-refractivity contribution in [2.24, 2.45) is 5.10 Å². The summed E-state index contributed by atoms with van der Waals surface area (Å²) in [5, 5.41) is 21.0. The van der Waals surface area contributed by atoms with E-state index < -0.39 is 0 Å². The first kappa shape index (κ1) is 15.2. The quantitative estimate of drug-likeness (QED) is 0.635. The molecule has 0 aliphatic rings. The summed E-state index contributed by atoms with van der Waals surface area (Å²) in [5.41, 5.74) is 0.748. The van der Waals surface area contributed by atoms with Gasteiger partial charge in [0.05, 0.1) is 13.3 Å². The Kier molecular flexibility index (Phi) is 5.10. The monoisotopic (exact) mass is 306 g/mol. The highest BCUT2D eigenvalue weighted by Crippen LogP contribution is 2.25. The van der Waals surface area contributed by atoms with Gasteiger partial charge in [-0.05, 0) is 42.4 Å². The normalized spacial score (nSPS) is 11.1. The number of aromatic hydroxyl groups is 1. The first-order chi connectivity index (χ1) is 10.2. The molecular weight excluding hydrogens is 288 g/mol. The zero-order valence-corrected chi connectivity index (χ0v) is 12.9. The molecule has 0 amide bonds. The van der Waals surface area contributed by atoms with Gasteiger partial charge in [0.2, 0.25) is 4.77 Å². The number of hydrogen-bond acceptors (Lipinski definition) is 5. The first-order valence-corrected chi connectivity index (χ1v) is 7.14. The number of unbranched alkanes of at least 4 members (excludes halogenated alkanes) is 1. The highest BCUT2D eigenvalue weighted by atomic mass is 32.1. The van der Waals surface area contributed by atoms with Gasteiger partial charge in [0, 0.05) is 6.42 Å². The van der Waals surface area contributed by atoms with E-state index in [1.807, 2.05) is 0 Å². The Morgan fingerprint density at radius 3 is 3.00 bits per heavy atom. The average Bonchev–Trinajstić information content (AvgIpc) is 2.83. The van der Waals surface area contributed by atoms with Crippen molar-refractivity contribution in [2.75, 3.05) is 7.11 Å². The van der Waals surface area contributed by atoms with Crippen molar-refractivity contribution in [3.05, 3.63) is 34.4 Å². The highest BCUT2D eigenvalue weighted by molar-refractivity contribution is 7.71. The van der Waals surface area contributed by atoms with Gasteiger partial charge in [-0.1, -0.05) is 13.3 Å². The lowest BCUT2D eigenvalue weighted by Gasteiger charge is -2.03. The molecule has 0 radical (unpaired) electrons. The molecule has 0 aliphatic carbocycles. The second-order valence-electron chi connectivity index (χ2n) is 4.54. The number of ether oxygens (including phenoxy) is 1. The summed E-state index contributed by atoms with van der Waals surface area (Å²) < 4.78 is 7.06. The van der Waals surface area contributed by atoms with Crippen LogP contribution in [-0.2, 0) is 6.42 Å². The van der Waals surface area contributed by atoms with Crippen LogP contribution in [-0.4, -0.2) is 33.3 Å². The van der Waals surface area contributed by atoms with Crippen molar-refractivity contribution >= 4 is 18.4 Å². The lowest BCUT2D eigenvalue weighted by molar-refractivity contribution is 0.373. The number of nitrogens with one attached hydrogen (secondary N) is 1. The van der Waals surface area contributed by atoms with E-state index in [0.29, 0.717) is 10.5 Å². The molecule has 0 spiro atoms. The maximum Gasteiger partial charge on any atom is 0.216 e. The summed E-state index contributed by atoms with van der Waals surface area (Å²) in [6.07, 6.45) is 4.54. The molecule has 0 saturated heterocycles. The number of H-pyrrole nitrogens is 1. The second kappa shape index (κ2) is 7.03. The molecule has 2 aromatic rings. The number of methoxy groups -OCH3 is 1. The summed E-state index contributed by atoms with van der Waals surface area (Å²) in [6, 6.07) is 5.07. The number of rotatable bonds is 6. The number of phenols is 1. The minimum Gasteiger partial charge on any atom is -0.504 e. The minimum absolute atomic E-state index is 0.0726. The Balaban J connectivity index is 2.23. The van der Waals surface area contributed by atoms with Gasteiger partial charge in [0.15, 0.2) is 17.3 Å². The standard InChI is InChI=1S/C14H18N4O2S/c1-3-4-5-13-16-17-14(21)18(13)15-9-10-6-7-12(20-2)11(19)8-10/h6-9,19H,3-5H2,1-2H3,(H,17,21)/b15-9-. The Morgan fingerprint density at radius 1 is 1.52 bits per heavy atom. The molecule has 1 heterocycles. The van der Waals surface area contributed by atoms with E-state index in [1.165, 1.54) is 7.11 Å². The van der Waals surface area contributed by atoms with Gasteiger partial charge in [-0.3, -0.25) is 5.10 Å². The maximum atomic E-state index is 9.74. The molecule has 2 rings (SSSR count). The largest absolute Gasteiger partial charge is 0.504 e. The first-order valence-electron chi connectivity index (χ1n) is 6.73. The number of hydrogen-bond donors (Lipinski definition) is 2. The van der Waals surface area contributed by atoms with Crippen LogP contribution in [0.3, 0.4) is 0 Å². The van der Waals surface area contributed by atoms with Crippen LogP contribution in [0.15, 0.2) is 23.3 Å². The molecule has 1 aromatic heterocycles. The van der Waals surface area contributed by atoms with Crippen LogP contribution in [0.5, 0.6) is 11.5 Å². The fourth-order valence-corrected chi connectivity index (χ4v) is 2.05. The molecule has 0 saturated carbocycles. The van der Waals surface area contributed by atoms with Crippen LogP contribution < -0.4 is 4.74 Å².